The monoisotopic (exact) mass is 404 g/mol. The third-order valence-electron chi connectivity index (χ3n) is 4.93. The van der Waals surface area contributed by atoms with E-state index < -0.39 is 6.04 Å². The van der Waals surface area contributed by atoms with E-state index in [1.165, 1.54) is 24.0 Å². The van der Waals surface area contributed by atoms with Crippen molar-refractivity contribution in [1.29, 1.82) is 0 Å². The molecule has 0 heterocycles. The molecule has 154 valence electrons. The van der Waals surface area contributed by atoms with Crippen molar-refractivity contribution >= 4 is 11.8 Å². The van der Waals surface area contributed by atoms with Gasteiger partial charge in [-0.2, -0.15) is 0 Å². The summed E-state index contributed by atoms with van der Waals surface area (Å²) >= 11 is 0. The van der Waals surface area contributed by atoms with E-state index in [1.54, 1.807) is 12.1 Å². The van der Waals surface area contributed by atoms with Gasteiger partial charge in [0.2, 0.25) is 11.8 Å². The number of hydrogen-bond donors (Lipinski definition) is 1. The third kappa shape index (κ3) is 5.54. The first-order chi connectivity index (χ1) is 14.4. The van der Waals surface area contributed by atoms with E-state index in [9.17, 15) is 14.0 Å². The Morgan fingerprint density at radius 1 is 0.900 bits per heavy atom. The number of carbonyl (C=O) groups is 2. The lowest BCUT2D eigenvalue weighted by Crippen LogP contribution is -2.42. The zero-order valence-corrected chi connectivity index (χ0v) is 17.1. The molecule has 30 heavy (non-hydrogen) atoms. The first-order valence-electron chi connectivity index (χ1n) is 9.84. The highest BCUT2D eigenvalue weighted by atomic mass is 19.1. The molecule has 0 aliphatic carbocycles. The second kappa shape index (κ2) is 9.83. The minimum atomic E-state index is -0.792. The summed E-state index contributed by atoms with van der Waals surface area (Å²) in [5, 5.41) is 2.95. The lowest BCUT2D eigenvalue weighted by atomic mass is 10.0. The first-order valence-corrected chi connectivity index (χ1v) is 9.84. The summed E-state index contributed by atoms with van der Waals surface area (Å²) in [6.45, 7) is 4.01. The van der Waals surface area contributed by atoms with Crippen LogP contribution < -0.4 is 5.32 Å². The van der Waals surface area contributed by atoms with E-state index in [1.807, 2.05) is 61.5 Å². The van der Waals surface area contributed by atoms with E-state index in [0.717, 1.165) is 22.3 Å². The van der Waals surface area contributed by atoms with Crippen LogP contribution in [0.15, 0.2) is 78.9 Å². The minimum absolute atomic E-state index is 0.202. The molecule has 2 amide bonds. The Kier molecular flexibility index (Phi) is 6.96. The number of carbonyl (C=O) groups excluding carboxylic acids is 2. The maximum absolute atomic E-state index is 13.3. The van der Waals surface area contributed by atoms with Crippen molar-refractivity contribution in [1.82, 2.24) is 10.2 Å². The van der Waals surface area contributed by atoms with Crippen LogP contribution >= 0.6 is 0 Å². The normalized spacial score (nSPS) is 11.6. The molecule has 0 saturated carbocycles. The highest BCUT2D eigenvalue weighted by Crippen LogP contribution is 2.24. The molecule has 0 aromatic heterocycles. The van der Waals surface area contributed by atoms with Gasteiger partial charge in [-0.25, -0.2) is 4.39 Å². The summed E-state index contributed by atoms with van der Waals surface area (Å²) < 4.78 is 13.3. The largest absolute Gasteiger partial charge is 0.350 e. The molecule has 3 rings (SSSR count). The van der Waals surface area contributed by atoms with Gasteiger partial charge in [-0.3, -0.25) is 9.59 Å². The minimum Gasteiger partial charge on any atom is -0.350 e. The number of aryl methyl sites for hydroxylation is 1. The van der Waals surface area contributed by atoms with Crippen LogP contribution in [0.4, 0.5) is 4.39 Å². The number of nitrogens with zero attached hydrogens (tertiary/aromatic N) is 1. The SMILES string of the molecule is CC(=O)N(Cc1ccc(F)cc1)C(C(=O)NCc1ccc(C)cc1)c1ccccc1. The standard InChI is InChI=1S/C25H25FN2O2/c1-18-8-10-20(11-9-18)16-27-25(30)24(22-6-4-3-5-7-22)28(19(2)29)17-21-12-14-23(26)15-13-21/h3-15,24H,16-17H2,1-2H3,(H,27,30). The number of nitrogens with one attached hydrogen (secondary N) is 1. The topological polar surface area (TPSA) is 49.4 Å². The van der Waals surface area contributed by atoms with Crippen LogP contribution in [0.5, 0.6) is 0 Å². The Morgan fingerprint density at radius 3 is 2.10 bits per heavy atom. The van der Waals surface area contributed by atoms with Crippen LogP contribution in [0, 0.1) is 12.7 Å². The lowest BCUT2D eigenvalue weighted by molar-refractivity contribution is -0.140. The molecule has 0 bridgehead atoms. The van der Waals surface area contributed by atoms with Gasteiger partial charge in [-0.15, -0.1) is 0 Å². The third-order valence-corrected chi connectivity index (χ3v) is 4.93. The van der Waals surface area contributed by atoms with Crippen molar-refractivity contribution < 1.29 is 14.0 Å². The fourth-order valence-electron chi connectivity index (χ4n) is 3.27. The maximum atomic E-state index is 13.3. The molecule has 1 atom stereocenters. The number of benzene rings is 3. The van der Waals surface area contributed by atoms with Gasteiger partial charge in [0, 0.05) is 20.0 Å². The van der Waals surface area contributed by atoms with Gasteiger partial charge in [0.05, 0.1) is 0 Å². The fraction of sp³-hybridized carbons (Fsp3) is 0.200. The summed E-state index contributed by atoms with van der Waals surface area (Å²) in [6, 6.07) is 22.3. The van der Waals surface area contributed by atoms with Crippen molar-refractivity contribution in [3.8, 4) is 0 Å². The van der Waals surface area contributed by atoms with Gasteiger partial charge in [0.15, 0.2) is 0 Å². The van der Waals surface area contributed by atoms with E-state index in [2.05, 4.69) is 5.32 Å². The summed E-state index contributed by atoms with van der Waals surface area (Å²) in [6.07, 6.45) is 0. The van der Waals surface area contributed by atoms with Crippen molar-refractivity contribution in [2.75, 3.05) is 0 Å². The van der Waals surface area contributed by atoms with Crippen LogP contribution in [-0.2, 0) is 22.7 Å². The van der Waals surface area contributed by atoms with Crippen molar-refractivity contribution in [3.63, 3.8) is 0 Å². The quantitative estimate of drug-likeness (QED) is 0.629. The molecule has 0 aliphatic heterocycles. The van der Waals surface area contributed by atoms with Gasteiger partial charge in [-0.1, -0.05) is 72.3 Å². The van der Waals surface area contributed by atoms with Crippen LogP contribution in [0.2, 0.25) is 0 Å². The van der Waals surface area contributed by atoms with Gasteiger partial charge in [0.25, 0.3) is 0 Å². The predicted molar refractivity (Wildman–Crippen MR) is 115 cm³/mol. The molecular weight excluding hydrogens is 379 g/mol. The predicted octanol–water partition coefficient (Wildman–Crippen LogP) is 4.54. The van der Waals surface area contributed by atoms with Gasteiger partial charge in [0.1, 0.15) is 11.9 Å². The van der Waals surface area contributed by atoms with E-state index >= 15 is 0 Å². The number of amides is 2. The number of rotatable bonds is 7. The van der Waals surface area contributed by atoms with E-state index in [0.29, 0.717) is 6.54 Å². The number of halogens is 1. The maximum Gasteiger partial charge on any atom is 0.247 e. The van der Waals surface area contributed by atoms with Crippen molar-refractivity contribution in [3.05, 3.63) is 107 Å². The molecule has 0 saturated heterocycles. The summed E-state index contributed by atoms with van der Waals surface area (Å²) in [5.41, 5.74) is 3.60. The lowest BCUT2D eigenvalue weighted by Gasteiger charge is -2.30. The van der Waals surface area contributed by atoms with Crippen LogP contribution in [0.25, 0.3) is 0 Å². The van der Waals surface area contributed by atoms with Crippen molar-refractivity contribution in [2.45, 2.75) is 33.0 Å². The molecule has 3 aromatic rings. The molecule has 1 N–H and O–H groups in total. The molecule has 4 nitrogen and oxygen atoms in total. The summed E-state index contributed by atoms with van der Waals surface area (Å²) in [4.78, 5) is 27.2. The summed E-state index contributed by atoms with van der Waals surface area (Å²) in [5.74, 6) is -0.846. The van der Waals surface area contributed by atoms with Crippen LogP contribution in [0.1, 0.15) is 35.2 Å². The Morgan fingerprint density at radius 2 is 1.50 bits per heavy atom. The Labute approximate surface area is 176 Å². The fourth-order valence-corrected chi connectivity index (χ4v) is 3.27. The Balaban J connectivity index is 1.85. The molecule has 3 aromatic carbocycles. The Bertz CT molecular complexity index is 986. The van der Waals surface area contributed by atoms with E-state index in [4.69, 9.17) is 0 Å². The second-order valence-electron chi connectivity index (χ2n) is 7.29. The zero-order valence-electron chi connectivity index (χ0n) is 17.1. The van der Waals surface area contributed by atoms with Gasteiger partial charge in [-0.05, 0) is 35.7 Å². The molecule has 0 radical (unpaired) electrons. The number of hydrogen-bond acceptors (Lipinski definition) is 2. The molecule has 0 fully saturated rings. The van der Waals surface area contributed by atoms with Crippen molar-refractivity contribution in [2.24, 2.45) is 0 Å². The average molecular weight is 404 g/mol. The molecule has 5 heteroatoms. The average Bonchev–Trinajstić information content (AvgIpc) is 2.75. The van der Waals surface area contributed by atoms with Gasteiger partial charge < -0.3 is 10.2 Å². The van der Waals surface area contributed by atoms with Gasteiger partial charge >= 0.3 is 0 Å². The summed E-state index contributed by atoms with van der Waals surface area (Å²) in [7, 11) is 0. The molecule has 0 spiro atoms. The highest BCUT2D eigenvalue weighted by Gasteiger charge is 2.29. The molecular formula is C25H25FN2O2. The second-order valence-corrected chi connectivity index (χ2v) is 7.29. The zero-order chi connectivity index (χ0) is 21.5. The smallest absolute Gasteiger partial charge is 0.247 e. The first kappa shape index (κ1) is 21.2. The molecule has 0 aliphatic rings. The van der Waals surface area contributed by atoms with Crippen LogP contribution in [-0.4, -0.2) is 16.7 Å². The van der Waals surface area contributed by atoms with E-state index in [-0.39, 0.29) is 24.2 Å². The Hall–Kier alpha value is -3.47. The van der Waals surface area contributed by atoms with Crippen LogP contribution in [0.3, 0.4) is 0 Å². The molecule has 1 unspecified atom stereocenters. The highest BCUT2D eigenvalue weighted by molar-refractivity contribution is 5.88.